The second-order valence-corrected chi connectivity index (χ2v) is 6.22. The van der Waals surface area contributed by atoms with Crippen molar-refractivity contribution in [3.05, 3.63) is 29.8 Å². The Bertz CT molecular complexity index is 494. The summed E-state index contributed by atoms with van der Waals surface area (Å²) < 4.78 is 39.9. The van der Waals surface area contributed by atoms with Crippen LogP contribution in [-0.4, -0.2) is 30.9 Å². The van der Waals surface area contributed by atoms with Gasteiger partial charge in [0.25, 0.3) is 0 Å². The maximum atomic E-state index is 12.0. The van der Waals surface area contributed by atoms with Gasteiger partial charge in [0.15, 0.2) is 0 Å². The minimum Gasteiger partial charge on any atom is -0.406 e. The zero-order valence-electron chi connectivity index (χ0n) is 13.6. The molecule has 0 aliphatic carbocycles. The highest BCUT2D eigenvalue weighted by molar-refractivity contribution is 5.76. The van der Waals surface area contributed by atoms with Crippen molar-refractivity contribution in [2.45, 2.75) is 45.5 Å². The van der Waals surface area contributed by atoms with Crippen molar-refractivity contribution in [1.29, 1.82) is 0 Å². The summed E-state index contributed by atoms with van der Waals surface area (Å²) in [6, 6.07) is 5.53. The van der Waals surface area contributed by atoms with E-state index in [1.807, 2.05) is 20.8 Å². The van der Waals surface area contributed by atoms with Crippen LogP contribution in [-0.2, 0) is 11.2 Å². The molecule has 0 radical (unpaired) electrons. The molecule has 1 amide bonds. The fourth-order valence-electron chi connectivity index (χ4n) is 1.84. The lowest BCUT2D eigenvalue weighted by Gasteiger charge is -2.20. The van der Waals surface area contributed by atoms with E-state index in [1.165, 1.54) is 24.3 Å². The molecule has 130 valence electrons. The maximum absolute atomic E-state index is 12.0. The Morgan fingerprint density at radius 1 is 1.09 bits per heavy atom. The molecule has 0 fully saturated rings. The lowest BCUT2D eigenvalue weighted by molar-refractivity contribution is -0.274. The van der Waals surface area contributed by atoms with Crippen molar-refractivity contribution in [3.8, 4) is 5.75 Å². The first kappa shape index (κ1) is 19.3. The molecule has 2 N–H and O–H groups in total. The van der Waals surface area contributed by atoms with E-state index in [2.05, 4.69) is 15.4 Å². The summed E-state index contributed by atoms with van der Waals surface area (Å²) in [7, 11) is 0. The summed E-state index contributed by atoms with van der Waals surface area (Å²) in [4.78, 5) is 11.7. The van der Waals surface area contributed by atoms with Crippen molar-refractivity contribution >= 4 is 5.91 Å². The number of rotatable bonds is 7. The molecule has 4 nitrogen and oxygen atoms in total. The predicted molar refractivity (Wildman–Crippen MR) is 82.2 cm³/mol. The van der Waals surface area contributed by atoms with Gasteiger partial charge in [-0.3, -0.25) is 4.79 Å². The molecule has 0 saturated carbocycles. The van der Waals surface area contributed by atoms with E-state index in [0.29, 0.717) is 19.5 Å². The zero-order valence-corrected chi connectivity index (χ0v) is 13.6. The van der Waals surface area contributed by atoms with Crippen LogP contribution in [0.5, 0.6) is 5.75 Å². The fourth-order valence-corrected chi connectivity index (χ4v) is 1.84. The van der Waals surface area contributed by atoms with E-state index in [1.54, 1.807) is 0 Å². The molecule has 0 unspecified atom stereocenters. The lowest BCUT2D eigenvalue weighted by Crippen LogP contribution is -2.41. The number of hydrogen-bond donors (Lipinski definition) is 2. The van der Waals surface area contributed by atoms with Crippen LogP contribution in [0, 0.1) is 0 Å². The third kappa shape index (κ3) is 9.78. The third-order valence-electron chi connectivity index (χ3n) is 2.90. The molecular formula is C16H23F3N2O2. The van der Waals surface area contributed by atoms with Gasteiger partial charge in [-0.2, -0.15) is 0 Å². The summed E-state index contributed by atoms with van der Waals surface area (Å²) in [6.45, 7) is 7.34. The molecule has 1 aromatic carbocycles. The third-order valence-corrected chi connectivity index (χ3v) is 2.90. The first-order chi connectivity index (χ1) is 10.6. The highest BCUT2D eigenvalue weighted by Crippen LogP contribution is 2.22. The van der Waals surface area contributed by atoms with Gasteiger partial charge >= 0.3 is 6.36 Å². The Labute approximate surface area is 134 Å². The molecule has 23 heavy (non-hydrogen) atoms. The average molecular weight is 332 g/mol. The molecule has 0 bridgehead atoms. The Kier molecular flexibility index (Phi) is 6.87. The molecular weight excluding hydrogens is 309 g/mol. The lowest BCUT2D eigenvalue weighted by atomic mass is 10.1. The van der Waals surface area contributed by atoms with Crippen LogP contribution in [0.15, 0.2) is 24.3 Å². The van der Waals surface area contributed by atoms with Crippen LogP contribution in [0.4, 0.5) is 13.2 Å². The van der Waals surface area contributed by atoms with Gasteiger partial charge in [-0.15, -0.1) is 13.2 Å². The Morgan fingerprint density at radius 2 is 1.70 bits per heavy atom. The van der Waals surface area contributed by atoms with Crippen molar-refractivity contribution < 1.29 is 22.7 Å². The number of carbonyl (C=O) groups excluding carboxylic acids is 1. The second kappa shape index (κ2) is 8.19. The topological polar surface area (TPSA) is 50.4 Å². The number of ether oxygens (including phenoxy) is 1. The minimum atomic E-state index is -4.69. The number of amides is 1. The molecule has 1 aromatic rings. The van der Waals surface area contributed by atoms with Crippen molar-refractivity contribution in [2.24, 2.45) is 0 Å². The predicted octanol–water partition coefficient (Wildman–Crippen LogP) is 3.02. The number of hydrogen-bond acceptors (Lipinski definition) is 3. The number of halogens is 3. The Balaban J connectivity index is 2.28. The van der Waals surface area contributed by atoms with Crippen LogP contribution >= 0.6 is 0 Å². The summed E-state index contributed by atoms with van der Waals surface area (Å²) in [5, 5.41) is 6.05. The quantitative estimate of drug-likeness (QED) is 0.755. The average Bonchev–Trinajstić information content (AvgIpc) is 2.40. The van der Waals surface area contributed by atoms with Gasteiger partial charge in [0, 0.05) is 25.0 Å². The summed E-state index contributed by atoms with van der Waals surface area (Å²) in [6.07, 6.45) is -3.94. The van der Waals surface area contributed by atoms with E-state index in [9.17, 15) is 18.0 Å². The molecule has 7 heteroatoms. The minimum absolute atomic E-state index is 0.00492. The molecule has 0 heterocycles. The molecule has 1 rings (SSSR count). The number of benzene rings is 1. The second-order valence-electron chi connectivity index (χ2n) is 6.22. The van der Waals surface area contributed by atoms with E-state index < -0.39 is 6.36 Å². The van der Waals surface area contributed by atoms with Gasteiger partial charge in [-0.05, 0) is 44.9 Å². The highest BCUT2D eigenvalue weighted by Gasteiger charge is 2.30. The van der Waals surface area contributed by atoms with Gasteiger partial charge in [0.1, 0.15) is 5.75 Å². The Hall–Kier alpha value is -1.76. The van der Waals surface area contributed by atoms with E-state index >= 15 is 0 Å². The number of nitrogens with one attached hydrogen (secondary N) is 2. The summed E-state index contributed by atoms with van der Waals surface area (Å²) in [5.74, 6) is -0.352. The van der Waals surface area contributed by atoms with Crippen LogP contribution in [0.3, 0.4) is 0 Å². The van der Waals surface area contributed by atoms with Crippen molar-refractivity contribution in [2.75, 3.05) is 13.1 Å². The first-order valence-electron chi connectivity index (χ1n) is 7.41. The number of aryl methyl sites for hydroxylation is 1. The molecule has 0 spiro atoms. The van der Waals surface area contributed by atoms with Gasteiger partial charge in [0.05, 0.1) is 0 Å². The van der Waals surface area contributed by atoms with Gasteiger partial charge in [-0.25, -0.2) is 0 Å². The van der Waals surface area contributed by atoms with Crippen molar-refractivity contribution in [3.63, 3.8) is 0 Å². The normalized spacial score (nSPS) is 12.1. The highest BCUT2D eigenvalue weighted by atomic mass is 19.4. The maximum Gasteiger partial charge on any atom is 0.573 e. The standard InChI is InChI=1S/C16H23F3N2O2/c1-15(2,3)21-11-10-20-14(22)9-6-12-4-7-13(8-5-12)23-16(17,18)19/h4-5,7-8,21H,6,9-11H2,1-3H3,(H,20,22). The van der Waals surface area contributed by atoms with Crippen LogP contribution in [0.25, 0.3) is 0 Å². The fraction of sp³-hybridized carbons (Fsp3) is 0.562. The SMILES string of the molecule is CC(C)(C)NCCNC(=O)CCc1ccc(OC(F)(F)F)cc1. The van der Waals surface area contributed by atoms with E-state index in [4.69, 9.17) is 0 Å². The molecule has 0 aliphatic heterocycles. The smallest absolute Gasteiger partial charge is 0.406 e. The van der Waals surface area contributed by atoms with E-state index in [0.717, 1.165) is 5.56 Å². The summed E-state index contributed by atoms with van der Waals surface area (Å²) >= 11 is 0. The van der Waals surface area contributed by atoms with Gasteiger partial charge in [-0.1, -0.05) is 12.1 Å². The van der Waals surface area contributed by atoms with Crippen LogP contribution in [0.2, 0.25) is 0 Å². The molecule has 0 aliphatic rings. The van der Waals surface area contributed by atoms with Crippen molar-refractivity contribution in [1.82, 2.24) is 10.6 Å². The molecule has 0 atom stereocenters. The van der Waals surface area contributed by atoms with Crippen LogP contribution in [0.1, 0.15) is 32.8 Å². The Morgan fingerprint density at radius 3 is 2.22 bits per heavy atom. The zero-order chi connectivity index (χ0) is 17.5. The van der Waals surface area contributed by atoms with Gasteiger partial charge in [0.2, 0.25) is 5.91 Å². The van der Waals surface area contributed by atoms with Crippen LogP contribution < -0.4 is 15.4 Å². The number of carbonyl (C=O) groups is 1. The van der Waals surface area contributed by atoms with E-state index in [-0.39, 0.29) is 23.6 Å². The summed E-state index contributed by atoms with van der Waals surface area (Å²) in [5.41, 5.74) is 0.785. The molecule has 0 aromatic heterocycles. The first-order valence-corrected chi connectivity index (χ1v) is 7.41. The monoisotopic (exact) mass is 332 g/mol. The van der Waals surface area contributed by atoms with Gasteiger partial charge < -0.3 is 15.4 Å². The largest absolute Gasteiger partial charge is 0.573 e. The molecule has 0 saturated heterocycles. The number of alkyl halides is 3.